The first-order valence-corrected chi connectivity index (χ1v) is 13.0. The molecule has 1 aliphatic carbocycles. The zero-order chi connectivity index (χ0) is 25.6. The van der Waals surface area contributed by atoms with Gasteiger partial charge >= 0.3 is 0 Å². The van der Waals surface area contributed by atoms with Gasteiger partial charge in [-0.25, -0.2) is 19.9 Å². The lowest BCUT2D eigenvalue weighted by atomic mass is 9.90. The van der Waals surface area contributed by atoms with Gasteiger partial charge in [-0.1, -0.05) is 26.0 Å². The molecule has 1 saturated heterocycles. The van der Waals surface area contributed by atoms with Gasteiger partial charge in [0.15, 0.2) is 5.82 Å². The van der Waals surface area contributed by atoms with Crippen molar-refractivity contribution in [3.8, 4) is 11.3 Å². The van der Waals surface area contributed by atoms with Crippen LogP contribution < -0.4 is 26.9 Å². The van der Waals surface area contributed by atoms with Crippen molar-refractivity contribution >= 4 is 28.9 Å². The van der Waals surface area contributed by atoms with Crippen LogP contribution in [0, 0.1) is 0 Å². The number of rotatable bonds is 5. The Morgan fingerprint density at radius 3 is 2.78 bits per heavy atom. The van der Waals surface area contributed by atoms with Crippen LogP contribution in [0.25, 0.3) is 34.3 Å². The van der Waals surface area contributed by atoms with E-state index in [9.17, 15) is 0 Å². The van der Waals surface area contributed by atoms with E-state index in [0.29, 0.717) is 24.2 Å². The van der Waals surface area contributed by atoms with Crippen LogP contribution >= 0.6 is 0 Å². The number of aromatic nitrogens is 6. The average molecular weight is 496 g/mol. The van der Waals surface area contributed by atoms with Crippen molar-refractivity contribution in [3.05, 3.63) is 58.9 Å². The van der Waals surface area contributed by atoms with Crippen LogP contribution in [0.3, 0.4) is 0 Å². The van der Waals surface area contributed by atoms with Crippen LogP contribution in [0.2, 0.25) is 0 Å². The fourth-order valence-corrected chi connectivity index (χ4v) is 5.54. The number of nitrogens with two attached hydrogens (primary N) is 1. The first-order valence-electron chi connectivity index (χ1n) is 13.0. The van der Waals surface area contributed by atoms with Gasteiger partial charge in [-0.15, -0.1) is 0 Å². The highest BCUT2D eigenvalue weighted by Crippen LogP contribution is 2.30. The average Bonchev–Trinajstić information content (AvgIpc) is 3.24. The highest BCUT2D eigenvalue weighted by molar-refractivity contribution is 5.86. The lowest BCUT2D eigenvalue weighted by molar-refractivity contribution is 0.478. The Labute approximate surface area is 216 Å². The molecule has 6 rings (SSSR count). The third-order valence-electron chi connectivity index (χ3n) is 7.43. The molecule has 4 heterocycles. The topological polar surface area (TPSA) is 119 Å². The summed E-state index contributed by atoms with van der Waals surface area (Å²) in [6, 6.07) is 8.63. The van der Waals surface area contributed by atoms with Crippen molar-refractivity contribution in [2.24, 2.45) is 12.8 Å². The molecular formula is C28H33N9. The second-order valence-electron chi connectivity index (χ2n) is 10.4. The van der Waals surface area contributed by atoms with Crippen molar-refractivity contribution in [1.82, 2.24) is 35.0 Å². The van der Waals surface area contributed by atoms with Gasteiger partial charge < -0.3 is 16.4 Å². The largest absolute Gasteiger partial charge is 0.367 e. The second-order valence-corrected chi connectivity index (χ2v) is 10.4. The maximum atomic E-state index is 6.92. The molecule has 4 N–H and O–H groups in total. The minimum absolute atomic E-state index is 0.363. The second kappa shape index (κ2) is 9.32. The number of benzene rings is 1. The summed E-state index contributed by atoms with van der Waals surface area (Å²) in [4.78, 5) is 18.6. The summed E-state index contributed by atoms with van der Waals surface area (Å²) < 4.78 is 1.97. The van der Waals surface area contributed by atoms with E-state index in [1.54, 1.807) is 12.5 Å². The third kappa shape index (κ3) is 4.38. The molecule has 1 atom stereocenters. The zero-order valence-electron chi connectivity index (χ0n) is 21.6. The standard InChI is InChI=1S/C28H33N9/c1-17(2)25-21-14-18(4-5-23(21)36-37(25)3)22-9-13-31-27(35-22)28(29)10-6-20-24(15-28)32-16-33-26(20)34-19-7-11-30-12-8-19/h4-6,9,13-17,19,30H,7-8,10-12,29H2,1-3H3,(H,32,33,34). The first kappa shape index (κ1) is 23.7. The van der Waals surface area contributed by atoms with Gasteiger partial charge in [0.25, 0.3) is 0 Å². The smallest absolute Gasteiger partial charge is 0.153 e. The lowest BCUT2D eigenvalue weighted by Crippen LogP contribution is -2.46. The van der Waals surface area contributed by atoms with Gasteiger partial charge in [0.1, 0.15) is 17.7 Å². The molecule has 0 radical (unpaired) electrons. The molecule has 0 amide bonds. The first-order chi connectivity index (χ1) is 17.9. The summed E-state index contributed by atoms with van der Waals surface area (Å²) >= 11 is 0. The SMILES string of the molecule is CC(C)c1c2cc(-c3ccnc(C4(N)C=c5ncnc(NC6CCNCC6)c5=CC4)n3)ccc2nn1C. The molecule has 1 unspecified atom stereocenters. The fraction of sp³-hybridized carbons (Fsp3) is 0.393. The van der Waals surface area contributed by atoms with Crippen molar-refractivity contribution in [2.45, 2.75) is 50.6 Å². The van der Waals surface area contributed by atoms with Crippen molar-refractivity contribution in [2.75, 3.05) is 18.4 Å². The molecule has 4 aromatic rings. The van der Waals surface area contributed by atoms with Gasteiger partial charge in [-0.2, -0.15) is 5.10 Å². The highest BCUT2D eigenvalue weighted by Gasteiger charge is 2.30. The monoisotopic (exact) mass is 495 g/mol. The Morgan fingerprint density at radius 2 is 1.97 bits per heavy atom. The van der Waals surface area contributed by atoms with Crippen LogP contribution in [-0.4, -0.2) is 48.8 Å². The van der Waals surface area contributed by atoms with Crippen LogP contribution in [0.1, 0.15) is 50.5 Å². The molecule has 9 heteroatoms. The van der Waals surface area contributed by atoms with Gasteiger partial charge in [-0.3, -0.25) is 4.68 Å². The minimum atomic E-state index is -0.856. The van der Waals surface area contributed by atoms with Crippen molar-refractivity contribution < 1.29 is 0 Å². The number of piperidine rings is 1. The molecule has 190 valence electrons. The van der Waals surface area contributed by atoms with E-state index < -0.39 is 5.54 Å². The minimum Gasteiger partial charge on any atom is -0.367 e. The zero-order valence-corrected chi connectivity index (χ0v) is 21.6. The van der Waals surface area contributed by atoms with E-state index in [-0.39, 0.29) is 0 Å². The maximum Gasteiger partial charge on any atom is 0.153 e. The number of fused-ring (bicyclic) bond motifs is 2. The van der Waals surface area contributed by atoms with Gasteiger partial charge in [-0.05, 0) is 62.5 Å². The Hall–Kier alpha value is -3.69. The summed E-state index contributed by atoms with van der Waals surface area (Å²) in [5, 5.41) is 14.7. The van der Waals surface area contributed by atoms with Gasteiger partial charge in [0.05, 0.1) is 16.6 Å². The lowest BCUT2D eigenvalue weighted by Gasteiger charge is -2.27. The summed E-state index contributed by atoms with van der Waals surface area (Å²) in [6.45, 7) is 6.42. The van der Waals surface area contributed by atoms with E-state index in [1.165, 1.54) is 5.69 Å². The quantitative estimate of drug-likeness (QED) is 0.384. The molecule has 9 nitrogen and oxygen atoms in total. The van der Waals surface area contributed by atoms with Crippen LogP contribution in [-0.2, 0) is 12.6 Å². The molecule has 1 fully saturated rings. The Morgan fingerprint density at radius 1 is 1.14 bits per heavy atom. The van der Waals surface area contributed by atoms with E-state index in [1.807, 2.05) is 23.9 Å². The van der Waals surface area contributed by atoms with Crippen molar-refractivity contribution in [3.63, 3.8) is 0 Å². The number of hydrogen-bond acceptors (Lipinski definition) is 8. The molecule has 3 aromatic heterocycles. The van der Waals surface area contributed by atoms with Crippen LogP contribution in [0.5, 0.6) is 0 Å². The molecule has 1 aromatic carbocycles. The summed E-state index contributed by atoms with van der Waals surface area (Å²) in [6.07, 6.45) is 10.2. The van der Waals surface area contributed by atoms with E-state index in [4.69, 9.17) is 10.7 Å². The molecule has 2 aliphatic rings. The molecular weight excluding hydrogens is 462 g/mol. The van der Waals surface area contributed by atoms with E-state index in [2.05, 4.69) is 68.8 Å². The van der Waals surface area contributed by atoms with Crippen LogP contribution in [0.15, 0.2) is 36.8 Å². The predicted molar refractivity (Wildman–Crippen MR) is 146 cm³/mol. The maximum absolute atomic E-state index is 6.92. The molecule has 37 heavy (non-hydrogen) atoms. The normalized spacial score (nSPS) is 19.9. The molecule has 0 spiro atoms. The number of anilines is 1. The van der Waals surface area contributed by atoms with E-state index >= 15 is 0 Å². The van der Waals surface area contributed by atoms with Gasteiger partial charge in [0, 0.05) is 41.1 Å². The Kier molecular flexibility index (Phi) is 5.97. The summed E-state index contributed by atoms with van der Waals surface area (Å²) in [5.41, 5.74) is 10.1. The Balaban J connectivity index is 1.35. The summed E-state index contributed by atoms with van der Waals surface area (Å²) in [7, 11) is 2.00. The Bertz CT molecular complexity index is 1580. The molecule has 1 aliphatic heterocycles. The summed E-state index contributed by atoms with van der Waals surface area (Å²) in [5.74, 6) is 1.81. The number of hydrogen-bond donors (Lipinski definition) is 3. The fourth-order valence-electron chi connectivity index (χ4n) is 5.54. The number of nitrogens with one attached hydrogen (secondary N) is 2. The van der Waals surface area contributed by atoms with Crippen molar-refractivity contribution in [1.29, 1.82) is 0 Å². The molecule has 0 bridgehead atoms. The van der Waals surface area contributed by atoms with Crippen LogP contribution in [0.4, 0.5) is 5.82 Å². The van der Waals surface area contributed by atoms with Gasteiger partial charge in [0.2, 0.25) is 0 Å². The van der Waals surface area contributed by atoms with E-state index in [0.717, 1.165) is 64.5 Å². The predicted octanol–water partition coefficient (Wildman–Crippen LogP) is 1.93. The highest BCUT2D eigenvalue weighted by atomic mass is 15.3. The number of nitrogens with zero attached hydrogens (tertiary/aromatic N) is 6. The number of aryl methyl sites for hydroxylation is 1. The molecule has 0 saturated carbocycles. The third-order valence-corrected chi connectivity index (χ3v) is 7.43.